The van der Waals surface area contributed by atoms with Gasteiger partial charge in [0.2, 0.25) is 0 Å². The monoisotopic (exact) mass is 336 g/mol. The first kappa shape index (κ1) is 21.0. The lowest BCUT2D eigenvalue weighted by Gasteiger charge is -2.23. The SMILES string of the molecule is CCCCCC/C=C/C1C=CCC1C(O)CCCCCC(=O)OC. The van der Waals surface area contributed by atoms with E-state index in [1.807, 2.05) is 0 Å². The number of methoxy groups -OCH3 is 1. The molecule has 0 heterocycles. The number of aliphatic hydroxyl groups is 1. The van der Waals surface area contributed by atoms with Crippen molar-refractivity contribution in [3.05, 3.63) is 24.3 Å². The molecular formula is C21H36O3. The fourth-order valence-corrected chi connectivity index (χ4v) is 3.37. The Labute approximate surface area is 148 Å². The lowest BCUT2D eigenvalue weighted by atomic mass is 9.87. The number of allylic oxidation sites excluding steroid dienone is 4. The number of ether oxygens (including phenoxy) is 1. The topological polar surface area (TPSA) is 46.5 Å². The highest BCUT2D eigenvalue weighted by molar-refractivity contribution is 5.68. The minimum absolute atomic E-state index is 0.139. The van der Waals surface area contributed by atoms with Crippen molar-refractivity contribution in [3.8, 4) is 0 Å². The van der Waals surface area contributed by atoms with E-state index in [1.54, 1.807) is 0 Å². The molecule has 1 aliphatic carbocycles. The van der Waals surface area contributed by atoms with Crippen LogP contribution < -0.4 is 0 Å². The standard InChI is InChI=1S/C21H36O3/c1-3-4-5-6-7-9-13-18-14-12-15-19(18)20(22)16-10-8-11-17-21(23)24-2/h9,12-14,18-20,22H,3-8,10-11,15-17H2,1-2H3/b13-9+. The molecular weight excluding hydrogens is 300 g/mol. The van der Waals surface area contributed by atoms with E-state index >= 15 is 0 Å². The second kappa shape index (κ2) is 13.2. The molecule has 0 saturated carbocycles. The number of carbonyl (C=O) groups excluding carboxylic acids is 1. The maximum atomic E-state index is 11.1. The summed E-state index contributed by atoms with van der Waals surface area (Å²) in [5.74, 6) is 0.582. The van der Waals surface area contributed by atoms with Gasteiger partial charge >= 0.3 is 5.97 Å². The van der Waals surface area contributed by atoms with Crippen LogP contribution in [0, 0.1) is 11.8 Å². The van der Waals surface area contributed by atoms with Gasteiger partial charge < -0.3 is 9.84 Å². The van der Waals surface area contributed by atoms with Crippen molar-refractivity contribution in [1.29, 1.82) is 0 Å². The molecule has 24 heavy (non-hydrogen) atoms. The maximum absolute atomic E-state index is 11.1. The Kier molecular flexibility index (Phi) is 11.5. The number of unbranched alkanes of at least 4 members (excludes halogenated alkanes) is 6. The summed E-state index contributed by atoms with van der Waals surface area (Å²) in [6.45, 7) is 2.24. The highest BCUT2D eigenvalue weighted by Crippen LogP contribution is 2.31. The molecule has 0 aromatic carbocycles. The van der Waals surface area contributed by atoms with E-state index in [4.69, 9.17) is 0 Å². The predicted molar refractivity (Wildman–Crippen MR) is 99.7 cm³/mol. The number of carbonyl (C=O) groups is 1. The number of rotatable bonds is 13. The smallest absolute Gasteiger partial charge is 0.305 e. The third-order valence-electron chi connectivity index (χ3n) is 4.95. The van der Waals surface area contributed by atoms with Crippen LogP contribution >= 0.6 is 0 Å². The lowest BCUT2D eigenvalue weighted by Crippen LogP contribution is -2.23. The van der Waals surface area contributed by atoms with Gasteiger partial charge in [0.1, 0.15) is 0 Å². The van der Waals surface area contributed by atoms with Gasteiger partial charge in [0.25, 0.3) is 0 Å². The number of esters is 1. The van der Waals surface area contributed by atoms with Crippen LogP contribution in [0.1, 0.15) is 77.6 Å². The molecule has 138 valence electrons. The van der Waals surface area contributed by atoms with Gasteiger partial charge in [-0.2, -0.15) is 0 Å². The van der Waals surface area contributed by atoms with Gasteiger partial charge in [-0.05, 0) is 38.0 Å². The van der Waals surface area contributed by atoms with Crippen LogP contribution in [-0.4, -0.2) is 24.3 Å². The Hall–Kier alpha value is -1.09. The third-order valence-corrected chi connectivity index (χ3v) is 4.95. The van der Waals surface area contributed by atoms with Crippen LogP contribution in [0.15, 0.2) is 24.3 Å². The highest BCUT2D eigenvalue weighted by Gasteiger charge is 2.27. The van der Waals surface area contributed by atoms with Crippen molar-refractivity contribution in [1.82, 2.24) is 0 Å². The van der Waals surface area contributed by atoms with Crippen LogP contribution in [0.2, 0.25) is 0 Å². The summed E-state index contributed by atoms with van der Waals surface area (Å²) in [5, 5.41) is 10.5. The molecule has 0 bridgehead atoms. The summed E-state index contributed by atoms with van der Waals surface area (Å²) >= 11 is 0. The van der Waals surface area contributed by atoms with Crippen molar-refractivity contribution < 1.29 is 14.6 Å². The first-order valence-corrected chi connectivity index (χ1v) is 9.77. The van der Waals surface area contributed by atoms with E-state index in [0.717, 1.165) is 38.5 Å². The van der Waals surface area contributed by atoms with Gasteiger partial charge in [0.05, 0.1) is 13.2 Å². The quantitative estimate of drug-likeness (QED) is 0.286. The molecule has 0 fully saturated rings. The largest absolute Gasteiger partial charge is 0.469 e. The Morgan fingerprint density at radius 2 is 2.04 bits per heavy atom. The normalized spacial score (nSPS) is 21.5. The minimum atomic E-state index is -0.243. The van der Waals surface area contributed by atoms with Crippen molar-refractivity contribution >= 4 is 5.97 Å². The molecule has 3 atom stereocenters. The molecule has 3 unspecified atom stereocenters. The van der Waals surface area contributed by atoms with Crippen molar-refractivity contribution in [2.45, 2.75) is 83.7 Å². The predicted octanol–water partition coefficient (Wildman–Crippen LogP) is 5.19. The molecule has 0 aliphatic heterocycles. The summed E-state index contributed by atoms with van der Waals surface area (Å²) in [4.78, 5) is 11.1. The van der Waals surface area contributed by atoms with Crippen LogP contribution in [0.4, 0.5) is 0 Å². The molecule has 0 aromatic rings. The molecule has 1 rings (SSSR count). The molecule has 1 N–H and O–H groups in total. The van der Waals surface area contributed by atoms with Gasteiger partial charge in [-0.15, -0.1) is 0 Å². The second-order valence-electron chi connectivity index (χ2n) is 6.93. The zero-order valence-corrected chi connectivity index (χ0v) is 15.6. The van der Waals surface area contributed by atoms with Gasteiger partial charge in [-0.1, -0.05) is 63.3 Å². The van der Waals surface area contributed by atoms with Gasteiger partial charge in [0.15, 0.2) is 0 Å². The van der Waals surface area contributed by atoms with E-state index in [0.29, 0.717) is 18.3 Å². The van der Waals surface area contributed by atoms with Crippen LogP contribution in [0.25, 0.3) is 0 Å². The first-order valence-electron chi connectivity index (χ1n) is 9.77. The molecule has 3 nitrogen and oxygen atoms in total. The lowest BCUT2D eigenvalue weighted by molar-refractivity contribution is -0.140. The van der Waals surface area contributed by atoms with Crippen LogP contribution in [0.5, 0.6) is 0 Å². The molecule has 3 heteroatoms. The summed E-state index contributed by atoms with van der Waals surface area (Å²) < 4.78 is 4.64. The van der Waals surface area contributed by atoms with Crippen molar-refractivity contribution in [2.75, 3.05) is 7.11 Å². The van der Waals surface area contributed by atoms with Gasteiger partial charge in [-0.3, -0.25) is 4.79 Å². The minimum Gasteiger partial charge on any atom is -0.469 e. The molecule has 1 aliphatic rings. The number of hydrogen-bond donors (Lipinski definition) is 1. The zero-order valence-electron chi connectivity index (χ0n) is 15.6. The van der Waals surface area contributed by atoms with Gasteiger partial charge in [-0.25, -0.2) is 0 Å². The fourth-order valence-electron chi connectivity index (χ4n) is 3.37. The Morgan fingerprint density at radius 3 is 2.79 bits per heavy atom. The average Bonchev–Trinajstić information content (AvgIpc) is 3.05. The number of hydrogen-bond acceptors (Lipinski definition) is 3. The molecule has 0 radical (unpaired) electrons. The Bertz CT molecular complexity index is 387. The summed E-state index contributed by atoms with van der Waals surface area (Å²) in [6.07, 6.45) is 20.2. The zero-order chi connectivity index (χ0) is 17.6. The molecule has 0 saturated heterocycles. The Morgan fingerprint density at radius 1 is 1.25 bits per heavy atom. The third kappa shape index (κ3) is 8.68. The second-order valence-corrected chi connectivity index (χ2v) is 6.93. The van der Waals surface area contributed by atoms with Crippen LogP contribution in [-0.2, 0) is 9.53 Å². The average molecular weight is 337 g/mol. The first-order chi connectivity index (χ1) is 11.7. The summed E-state index contributed by atoms with van der Waals surface area (Å²) in [5.41, 5.74) is 0. The summed E-state index contributed by atoms with van der Waals surface area (Å²) in [6, 6.07) is 0. The van der Waals surface area contributed by atoms with E-state index in [2.05, 4.69) is 36.0 Å². The van der Waals surface area contributed by atoms with Gasteiger partial charge in [0, 0.05) is 12.3 Å². The van der Waals surface area contributed by atoms with E-state index in [-0.39, 0.29) is 12.1 Å². The molecule has 0 spiro atoms. The summed E-state index contributed by atoms with van der Waals surface area (Å²) in [7, 11) is 1.43. The van der Waals surface area contributed by atoms with E-state index in [1.165, 1.54) is 32.8 Å². The molecule has 0 amide bonds. The van der Waals surface area contributed by atoms with Crippen LogP contribution in [0.3, 0.4) is 0 Å². The fraction of sp³-hybridized carbons (Fsp3) is 0.762. The highest BCUT2D eigenvalue weighted by atomic mass is 16.5. The molecule has 0 aromatic heterocycles. The van der Waals surface area contributed by atoms with E-state index < -0.39 is 0 Å². The Balaban J connectivity index is 2.19. The van der Waals surface area contributed by atoms with Crippen molar-refractivity contribution in [3.63, 3.8) is 0 Å². The number of aliphatic hydroxyl groups excluding tert-OH is 1. The maximum Gasteiger partial charge on any atom is 0.305 e. The van der Waals surface area contributed by atoms with E-state index in [9.17, 15) is 9.90 Å². The van der Waals surface area contributed by atoms with Crippen molar-refractivity contribution in [2.24, 2.45) is 11.8 Å².